The number of aromatic nitrogens is 1. The fourth-order valence-corrected chi connectivity index (χ4v) is 2.11. The monoisotopic (exact) mass is 339 g/mol. The minimum absolute atomic E-state index is 0.00824. The van der Waals surface area contributed by atoms with E-state index >= 15 is 0 Å². The number of anilines is 1. The van der Waals surface area contributed by atoms with Crippen LogP contribution in [0.2, 0.25) is 0 Å². The lowest BCUT2D eigenvalue weighted by atomic mass is 10.2. The van der Waals surface area contributed by atoms with Gasteiger partial charge in [0.05, 0.1) is 18.5 Å². The third-order valence-electron chi connectivity index (χ3n) is 3.34. The van der Waals surface area contributed by atoms with Gasteiger partial charge in [-0.2, -0.15) is 0 Å². The Balaban J connectivity index is 1.69. The maximum Gasteiger partial charge on any atom is 0.274 e. The summed E-state index contributed by atoms with van der Waals surface area (Å²) in [5, 5.41) is 5.06. The van der Waals surface area contributed by atoms with Gasteiger partial charge >= 0.3 is 0 Å². The van der Waals surface area contributed by atoms with Gasteiger partial charge in [-0.15, -0.1) is 0 Å². The van der Waals surface area contributed by atoms with Crippen LogP contribution in [0.1, 0.15) is 26.7 Å². The quantitative estimate of drug-likeness (QED) is 0.748. The Morgan fingerprint density at radius 3 is 2.44 bits per heavy atom. The van der Waals surface area contributed by atoms with E-state index in [1.54, 1.807) is 18.2 Å². The van der Waals surface area contributed by atoms with E-state index in [4.69, 9.17) is 4.42 Å². The fourth-order valence-electron chi connectivity index (χ4n) is 2.11. The zero-order valence-electron chi connectivity index (χ0n) is 13.0. The molecule has 2 amide bonds. The topological polar surface area (TPSA) is 84.2 Å². The van der Waals surface area contributed by atoms with Crippen molar-refractivity contribution in [1.29, 1.82) is 0 Å². The first-order valence-electron chi connectivity index (χ1n) is 7.47. The molecule has 0 radical (unpaired) electrons. The predicted molar refractivity (Wildman–Crippen MR) is 88.5 cm³/mol. The Kier molecular flexibility index (Phi) is 4.84. The standard InChI is InChI=1S/C18H14FN3O3/c19-13-6-1-2-7-14(13)22-18(24)16-9-3-8-15(21-16)17(23)20-11-12-5-4-10-25-12/h1-10H,11H2,(H,20,23)(H,22,24). The Morgan fingerprint density at radius 2 is 1.72 bits per heavy atom. The van der Waals surface area contributed by atoms with E-state index in [1.165, 1.54) is 42.7 Å². The third kappa shape index (κ3) is 4.08. The molecule has 2 aromatic heterocycles. The number of furan rings is 1. The Labute approximate surface area is 142 Å². The van der Waals surface area contributed by atoms with Crippen LogP contribution in [0.4, 0.5) is 10.1 Å². The number of halogens is 1. The molecule has 0 bridgehead atoms. The Bertz CT molecular complexity index is 894. The number of hydrogen-bond acceptors (Lipinski definition) is 4. The van der Waals surface area contributed by atoms with E-state index in [9.17, 15) is 14.0 Å². The van der Waals surface area contributed by atoms with Gasteiger partial charge in [-0.25, -0.2) is 9.37 Å². The zero-order valence-corrected chi connectivity index (χ0v) is 13.0. The van der Waals surface area contributed by atoms with Gasteiger partial charge in [0.25, 0.3) is 11.8 Å². The van der Waals surface area contributed by atoms with Gasteiger partial charge in [0.15, 0.2) is 0 Å². The second-order valence-corrected chi connectivity index (χ2v) is 5.10. The first kappa shape index (κ1) is 16.4. The van der Waals surface area contributed by atoms with Crippen molar-refractivity contribution in [2.24, 2.45) is 0 Å². The summed E-state index contributed by atoms with van der Waals surface area (Å²) in [6, 6.07) is 13.7. The molecule has 1 aromatic carbocycles. The number of carbonyl (C=O) groups is 2. The summed E-state index contributed by atoms with van der Waals surface area (Å²) in [5.41, 5.74) is 0.128. The lowest BCUT2D eigenvalue weighted by Crippen LogP contribution is -2.25. The molecule has 2 N–H and O–H groups in total. The van der Waals surface area contributed by atoms with Gasteiger partial charge < -0.3 is 15.1 Å². The van der Waals surface area contributed by atoms with Crippen LogP contribution in [0.25, 0.3) is 0 Å². The molecule has 0 atom stereocenters. The van der Waals surface area contributed by atoms with Crippen molar-refractivity contribution >= 4 is 17.5 Å². The number of rotatable bonds is 5. The summed E-state index contributed by atoms with van der Waals surface area (Å²) in [6.07, 6.45) is 1.51. The van der Waals surface area contributed by atoms with E-state index in [0.717, 1.165) is 0 Å². The SMILES string of the molecule is O=C(NCc1ccco1)c1cccc(C(=O)Nc2ccccc2F)n1. The van der Waals surface area contributed by atoms with Crippen LogP contribution >= 0.6 is 0 Å². The first-order chi connectivity index (χ1) is 12.1. The molecule has 25 heavy (non-hydrogen) atoms. The van der Waals surface area contributed by atoms with Crippen LogP contribution in [0.3, 0.4) is 0 Å². The predicted octanol–water partition coefficient (Wildman–Crippen LogP) is 3.00. The summed E-state index contributed by atoms with van der Waals surface area (Å²) in [6.45, 7) is 0.208. The van der Waals surface area contributed by atoms with Crippen molar-refractivity contribution in [3.8, 4) is 0 Å². The van der Waals surface area contributed by atoms with Crippen LogP contribution in [0.15, 0.2) is 65.3 Å². The highest BCUT2D eigenvalue weighted by Gasteiger charge is 2.14. The van der Waals surface area contributed by atoms with Crippen molar-refractivity contribution < 1.29 is 18.4 Å². The summed E-state index contributed by atoms with van der Waals surface area (Å²) in [7, 11) is 0. The van der Waals surface area contributed by atoms with Gasteiger partial charge in [-0.3, -0.25) is 9.59 Å². The second-order valence-electron chi connectivity index (χ2n) is 5.10. The highest BCUT2D eigenvalue weighted by molar-refractivity contribution is 6.03. The Hall–Kier alpha value is -3.48. The largest absolute Gasteiger partial charge is 0.467 e. The highest BCUT2D eigenvalue weighted by atomic mass is 19.1. The molecular formula is C18H14FN3O3. The molecule has 0 saturated carbocycles. The van der Waals surface area contributed by atoms with Crippen LogP contribution in [-0.2, 0) is 6.54 Å². The first-order valence-corrected chi connectivity index (χ1v) is 7.47. The molecule has 3 rings (SSSR count). The average molecular weight is 339 g/mol. The minimum Gasteiger partial charge on any atom is -0.467 e. The number of pyridine rings is 1. The third-order valence-corrected chi connectivity index (χ3v) is 3.34. The van der Waals surface area contributed by atoms with Gasteiger partial charge in [-0.1, -0.05) is 18.2 Å². The molecule has 0 aliphatic rings. The van der Waals surface area contributed by atoms with E-state index < -0.39 is 17.6 Å². The van der Waals surface area contributed by atoms with Gasteiger partial charge in [-0.05, 0) is 36.4 Å². The number of para-hydroxylation sites is 1. The molecule has 7 heteroatoms. The number of carbonyl (C=O) groups excluding carboxylic acids is 2. The highest BCUT2D eigenvalue weighted by Crippen LogP contribution is 2.13. The van der Waals surface area contributed by atoms with Crippen LogP contribution in [0, 0.1) is 5.82 Å². The van der Waals surface area contributed by atoms with Crippen LogP contribution in [0.5, 0.6) is 0 Å². The second kappa shape index (κ2) is 7.39. The van der Waals surface area contributed by atoms with E-state index in [0.29, 0.717) is 5.76 Å². The molecule has 0 unspecified atom stereocenters. The van der Waals surface area contributed by atoms with Gasteiger partial charge in [0.1, 0.15) is 23.0 Å². The van der Waals surface area contributed by atoms with Crippen molar-refractivity contribution in [2.75, 3.05) is 5.32 Å². The minimum atomic E-state index is -0.606. The number of nitrogens with one attached hydrogen (secondary N) is 2. The van der Waals surface area contributed by atoms with Crippen LogP contribution in [-0.4, -0.2) is 16.8 Å². The number of amides is 2. The molecule has 6 nitrogen and oxygen atoms in total. The van der Waals surface area contributed by atoms with Crippen molar-refractivity contribution in [3.05, 3.63) is 83.8 Å². The molecule has 2 heterocycles. The molecular weight excluding hydrogens is 325 g/mol. The Morgan fingerprint density at radius 1 is 0.960 bits per heavy atom. The lowest BCUT2D eigenvalue weighted by molar-refractivity contribution is 0.0943. The lowest BCUT2D eigenvalue weighted by Gasteiger charge is -2.07. The summed E-state index contributed by atoms with van der Waals surface area (Å²) in [4.78, 5) is 28.3. The van der Waals surface area contributed by atoms with Gasteiger partial charge in [0, 0.05) is 0 Å². The van der Waals surface area contributed by atoms with Crippen molar-refractivity contribution in [1.82, 2.24) is 10.3 Å². The van der Waals surface area contributed by atoms with E-state index in [1.807, 2.05) is 0 Å². The summed E-state index contributed by atoms with van der Waals surface area (Å²) < 4.78 is 18.7. The molecule has 126 valence electrons. The average Bonchev–Trinajstić information content (AvgIpc) is 3.15. The van der Waals surface area contributed by atoms with E-state index in [-0.39, 0.29) is 23.6 Å². The molecule has 3 aromatic rings. The van der Waals surface area contributed by atoms with E-state index in [2.05, 4.69) is 15.6 Å². The summed E-state index contributed by atoms with van der Waals surface area (Å²) in [5.74, 6) is -1.01. The molecule has 0 fully saturated rings. The molecule has 0 aliphatic heterocycles. The number of nitrogens with zero attached hydrogens (tertiary/aromatic N) is 1. The molecule has 0 saturated heterocycles. The fraction of sp³-hybridized carbons (Fsp3) is 0.0556. The van der Waals surface area contributed by atoms with Crippen molar-refractivity contribution in [2.45, 2.75) is 6.54 Å². The molecule has 0 spiro atoms. The number of hydrogen-bond donors (Lipinski definition) is 2. The van der Waals surface area contributed by atoms with Crippen LogP contribution < -0.4 is 10.6 Å². The smallest absolute Gasteiger partial charge is 0.274 e. The normalized spacial score (nSPS) is 10.3. The van der Waals surface area contributed by atoms with Crippen molar-refractivity contribution in [3.63, 3.8) is 0 Å². The molecule has 0 aliphatic carbocycles. The number of benzene rings is 1. The zero-order chi connectivity index (χ0) is 17.6. The maximum absolute atomic E-state index is 13.6. The van der Waals surface area contributed by atoms with Gasteiger partial charge in [0.2, 0.25) is 0 Å². The maximum atomic E-state index is 13.6. The summed E-state index contributed by atoms with van der Waals surface area (Å²) >= 11 is 0.